The molecule has 2 nitrogen and oxygen atoms in total. The zero-order chi connectivity index (χ0) is 12.4. The largest absolute Gasteiger partial charge is 0.467 e. The van der Waals surface area contributed by atoms with Crippen LogP contribution in [0.15, 0.2) is 28.9 Å². The molecule has 1 N–H and O–H groups in total. The molecule has 0 fully saturated rings. The Labute approximate surface area is 104 Å². The lowest BCUT2D eigenvalue weighted by Gasteiger charge is -2.07. The Kier molecular flexibility index (Phi) is 3.50. The van der Waals surface area contributed by atoms with Crippen LogP contribution < -0.4 is 5.32 Å². The summed E-state index contributed by atoms with van der Waals surface area (Å²) in [5, 5.41) is 3.41. The van der Waals surface area contributed by atoms with Crippen LogP contribution >= 0.6 is 11.6 Å². The molecule has 2 aromatic rings. The molecule has 0 radical (unpaired) electrons. The van der Waals surface area contributed by atoms with E-state index in [0.717, 1.165) is 16.9 Å². The van der Waals surface area contributed by atoms with Crippen LogP contribution in [0.4, 0.5) is 4.39 Å². The number of benzene rings is 1. The zero-order valence-electron chi connectivity index (χ0n) is 9.68. The van der Waals surface area contributed by atoms with Crippen molar-refractivity contribution in [2.45, 2.75) is 13.5 Å². The minimum atomic E-state index is -0.294. The van der Waals surface area contributed by atoms with Crippen LogP contribution in [0.2, 0.25) is 5.02 Å². The van der Waals surface area contributed by atoms with Gasteiger partial charge in [0, 0.05) is 11.1 Å². The molecule has 90 valence electrons. The lowest BCUT2D eigenvalue weighted by molar-refractivity contribution is 0.497. The number of halogens is 2. The van der Waals surface area contributed by atoms with Crippen LogP contribution in [0, 0.1) is 12.7 Å². The van der Waals surface area contributed by atoms with Crippen molar-refractivity contribution < 1.29 is 8.81 Å². The molecule has 4 heteroatoms. The minimum absolute atomic E-state index is 0.294. The summed E-state index contributed by atoms with van der Waals surface area (Å²) in [6.07, 6.45) is 1.61. The highest BCUT2D eigenvalue weighted by Crippen LogP contribution is 2.33. The van der Waals surface area contributed by atoms with E-state index in [1.807, 2.05) is 13.1 Å². The first-order valence-corrected chi connectivity index (χ1v) is 5.68. The van der Waals surface area contributed by atoms with E-state index in [4.69, 9.17) is 16.0 Å². The molecular formula is C13H13ClFNO. The SMILES string of the molecule is CNCc1occc1-c1cc(C)c(F)cc1Cl. The maximum atomic E-state index is 13.3. The van der Waals surface area contributed by atoms with Crippen LogP contribution in [-0.4, -0.2) is 7.05 Å². The van der Waals surface area contributed by atoms with Crippen molar-refractivity contribution in [2.75, 3.05) is 7.05 Å². The first kappa shape index (κ1) is 12.1. The molecule has 0 atom stereocenters. The number of hydrogen-bond donors (Lipinski definition) is 1. The average Bonchev–Trinajstić information content (AvgIpc) is 2.72. The van der Waals surface area contributed by atoms with Crippen LogP contribution in [-0.2, 0) is 6.54 Å². The molecule has 0 aliphatic carbocycles. The first-order valence-electron chi connectivity index (χ1n) is 5.30. The summed E-state index contributed by atoms with van der Waals surface area (Å²) in [5.41, 5.74) is 2.26. The van der Waals surface area contributed by atoms with Gasteiger partial charge in [0.1, 0.15) is 11.6 Å². The van der Waals surface area contributed by atoms with E-state index in [1.165, 1.54) is 6.07 Å². The van der Waals surface area contributed by atoms with Crippen molar-refractivity contribution >= 4 is 11.6 Å². The predicted molar refractivity (Wildman–Crippen MR) is 66.6 cm³/mol. The Morgan fingerprint density at radius 2 is 2.12 bits per heavy atom. The fourth-order valence-electron chi connectivity index (χ4n) is 1.74. The molecule has 0 saturated carbocycles. The van der Waals surface area contributed by atoms with E-state index < -0.39 is 0 Å². The molecular weight excluding hydrogens is 241 g/mol. The summed E-state index contributed by atoms with van der Waals surface area (Å²) in [6.45, 7) is 2.32. The van der Waals surface area contributed by atoms with Gasteiger partial charge in [0.25, 0.3) is 0 Å². The molecule has 1 aromatic carbocycles. The molecule has 2 rings (SSSR count). The average molecular weight is 254 g/mol. The monoisotopic (exact) mass is 253 g/mol. The number of nitrogens with one attached hydrogen (secondary N) is 1. The highest BCUT2D eigenvalue weighted by Gasteiger charge is 2.13. The normalized spacial score (nSPS) is 10.8. The molecule has 0 unspecified atom stereocenters. The van der Waals surface area contributed by atoms with Gasteiger partial charge in [0.05, 0.1) is 17.8 Å². The number of rotatable bonds is 3. The zero-order valence-corrected chi connectivity index (χ0v) is 10.4. The number of hydrogen-bond acceptors (Lipinski definition) is 2. The van der Waals surface area contributed by atoms with Crippen LogP contribution in [0.25, 0.3) is 11.1 Å². The summed E-state index contributed by atoms with van der Waals surface area (Å²) in [7, 11) is 1.84. The van der Waals surface area contributed by atoms with Crippen molar-refractivity contribution in [2.24, 2.45) is 0 Å². The lowest BCUT2D eigenvalue weighted by Crippen LogP contribution is -2.05. The summed E-state index contributed by atoms with van der Waals surface area (Å²) >= 11 is 6.06. The van der Waals surface area contributed by atoms with E-state index >= 15 is 0 Å². The van der Waals surface area contributed by atoms with Crippen molar-refractivity contribution in [3.05, 3.63) is 46.6 Å². The van der Waals surface area contributed by atoms with Crippen molar-refractivity contribution in [3.8, 4) is 11.1 Å². The van der Waals surface area contributed by atoms with E-state index in [9.17, 15) is 4.39 Å². The van der Waals surface area contributed by atoms with E-state index in [0.29, 0.717) is 17.1 Å². The molecule has 0 amide bonds. The van der Waals surface area contributed by atoms with Gasteiger partial charge in [-0.05, 0) is 37.7 Å². The van der Waals surface area contributed by atoms with Gasteiger partial charge in [-0.25, -0.2) is 4.39 Å². The van der Waals surface area contributed by atoms with Crippen molar-refractivity contribution in [1.29, 1.82) is 0 Å². The molecule has 0 saturated heterocycles. The molecule has 1 heterocycles. The van der Waals surface area contributed by atoms with Gasteiger partial charge in [-0.3, -0.25) is 0 Å². The van der Waals surface area contributed by atoms with Crippen LogP contribution in [0.5, 0.6) is 0 Å². The molecule has 0 spiro atoms. The molecule has 0 bridgehead atoms. The van der Waals surface area contributed by atoms with Crippen LogP contribution in [0.3, 0.4) is 0 Å². The Morgan fingerprint density at radius 1 is 1.35 bits per heavy atom. The predicted octanol–water partition coefficient (Wildman–Crippen LogP) is 3.77. The fraction of sp³-hybridized carbons (Fsp3) is 0.231. The summed E-state index contributed by atoms with van der Waals surface area (Å²) < 4.78 is 18.7. The van der Waals surface area contributed by atoms with Gasteiger partial charge < -0.3 is 9.73 Å². The molecule has 0 aliphatic heterocycles. The maximum absolute atomic E-state index is 13.3. The van der Waals surface area contributed by atoms with Gasteiger partial charge in [0.15, 0.2) is 0 Å². The highest BCUT2D eigenvalue weighted by molar-refractivity contribution is 6.33. The Morgan fingerprint density at radius 3 is 2.82 bits per heavy atom. The second-order valence-electron chi connectivity index (χ2n) is 3.87. The van der Waals surface area contributed by atoms with Gasteiger partial charge in [-0.15, -0.1) is 0 Å². The molecule has 1 aromatic heterocycles. The van der Waals surface area contributed by atoms with Gasteiger partial charge >= 0.3 is 0 Å². The first-order chi connectivity index (χ1) is 8.13. The molecule has 17 heavy (non-hydrogen) atoms. The maximum Gasteiger partial charge on any atom is 0.127 e. The van der Waals surface area contributed by atoms with Crippen molar-refractivity contribution in [1.82, 2.24) is 5.32 Å². The summed E-state index contributed by atoms with van der Waals surface area (Å²) in [6, 6.07) is 4.91. The van der Waals surface area contributed by atoms with Gasteiger partial charge in [0.2, 0.25) is 0 Å². The van der Waals surface area contributed by atoms with E-state index in [1.54, 1.807) is 19.3 Å². The third-order valence-corrected chi connectivity index (χ3v) is 2.93. The Hall–Kier alpha value is -1.32. The minimum Gasteiger partial charge on any atom is -0.467 e. The van der Waals surface area contributed by atoms with E-state index in [-0.39, 0.29) is 5.82 Å². The number of aryl methyl sites for hydroxylation is 1. The topological polar surface area (TPSA) is 25.2 Å². The van der Waals surface area contributed by atoms with Gasteiger partial charge in [-0.1, -0.05) is 11.6 Å². The summed E-state index contributed by atoms with van der Waals surface area (Å²) in [5.74, 6) is 0.498. The lowest BCUT2D eigenvalue weighted by atomic mass is 10.0. The highest BCUT2D eigenvalue weighted by atomic mass is 35.5. The standard InChI is InChI=1S/C13H13ClFNO/c1-8-5-10(11(14)6-12(8)15)9-3-4-17-13(9)7-16-2/h3-6,16H,7H2,1-2H3. The fourth-order valence-corrected chi connectivity index (χ4v) is 1.99. The summed E-state index contributed by atoms with van der Waals surface area (Å²) in [4.78, 5) is 0. The van der Waals surface area contributed by atoms with Crippen molar-refractivity contribution in [3.63, 3.8) is 0 Å². The van der Waals surface area contributed by atoms with Gasteiger partial charge in [-0.2, -0.15) is 0 Å². The Bertz CT molecular complexity index is 536. The third kappa shape index (κ3) is 2.35. The third-order valence-electron chi connectivity index (χ3n) is 2.62. The number of furan rings is 1. The van der Waals surface area contributed by atoms with Crippen LogP contribution in [0.1, 0.15) is 11.3 Å². The van der Waals surface area contributed by atoms with E-state index in [2.05, 4.69) is 5.32 Å². The molecule has 0 aliphatic rings. The Balaban J connectivity index is 2.52. The quantitative estimate of drug-likeness (QED) is 0.901. The second-order valence-corrected chi connectivity index (χ2v) is 4.28. The second kappa shape index (κ2) is 4.90. The smallest absolute Gasteiger partial charge is 0.127 e.